The van der Waals surface area contributed by atoms with Gasteiger partial charge in [-0.25, -0.2) is 0 Å². The van der Waals surface area contributed by atoms with Gasteiger partial charge in [-0.15, -0.1) is 0 Å². The average Bonchev–Trinajstić information content (AvgIpc) is 3.07. The van der Waals surface area contributed by atoms with Crippen molar-refractivity contribution in [3.05, 3.63) is 95.5 Å². The number of para-hydroxylation sites is 2. The lowest BCUT2D eigenvalue weighted by Gasteiger charge is -2.08. The van der Waals surface area contributed by atoms with Gasteiger partial charge in [0.25, 0.3) is 0 Å². The number of fused-ring (bicyclic) bond motifs is 3. The molecule has 0 saturated carbocycles. The maximum absolute atomic E-state index is 3.64. The second-order valence-corrected chi connectivity index (χ2v) is 7.31. The van der Waals surface area contributed by atoms with Crippen molar-refractivity contribution in [2.24, 2.45) is 0 Å². The second-order valence-electron chi connectivity index (χ2n) is 6.46. The van der Waals surface area contributed by atoms with Crippen LogP contribution in [0, 0.1) is 0 Å². The number of hydrogen-bond donors (Lipinski definition) is 1. The van der Waals surface area contributed by atoms with Gasteiger partial charge >= 0.3 is 0 Å². The molecule has 0 radical (unpaired) electrons. The molecule has 0 aliphatic rings. The smallest absolute Gasteiger partial charge is 0.0544 e. The molecule has 0 aliphatic heterocycles. The van der Waals surface area contributed by atoms with Gasteiger partial charge in [0.1, 0.15) is 0 Å². The number of rotatable bonds is 2. The van der Waals surface area contributed by atoms with Crippen LogP contribution in [0.3, 0.4) is 0 Å². The van der Waals surface area contributed by atoms with Crippen LogP contribution in [0.15, 0.2) is 95.5 Å². The number of benzene rings is 4. The molecule has 1 aromatic heterocycles. The van der Waals surface area contributed by atoms with Crippen LogP contribution in [0.4, 0.5) is 0 Å². The second kappa shape index (κ2) is 6.15. The standard InChI is InChI=1S/C24H16BrN/c25-22-10-3-1-6-18(22)16-12-14-17(15-13-16)19-8-5-9-21-20-7-2-4-11-23(20)26-24(19)21/h1-15,26H. The third kappa shape index (κ3) is 2.46. The SMILES string of the molecule is Brc1ccccc1-c1ccc(-c2cccc3c2[nH]c2ccccc23)cc1. The maximum Gasteiger partial charge on any atom is 0.0544 e. The zero-order chi connectivity index (χ0) is 17.5. The fraction of sp³-hybridized carbons (Fsp3) is 0. The van der Waals surface area contributed by atoms with Crippen molar-refractivity contribution in [1.29, 1.82) is 0 Å². The normalized spacial score (nSPS) is 11.3. The summed E-state index contributed by atoms with van der Waals surface area (Å²) in [5.74, 6) is 0. The predicted molar refractivity (Wildman–Crippen MR) is 114 cm³/mol. The molecule has 2 heteroatoms. The monoisotopic (exact) mass is 397 g/mol. The molecule has 0 spiro atoms. The Balaban J connectivity index is 1.65. The highest BCUT2D eigenvalue weighted by atomic mass is 79.9. The Labute approximate surface area is 160 Å². The molecule has 0 aliphatic carbocycles. The summed E-state index contributed by atoms with van der Waals surface area (Å²) in [6, 6.07) is 32.1. The van der Waals surface area contributed by atoms with E-state index in [9.17, 15) is 0 Å². The van der Waals surface area contributed by atoms with Gasteiger partial charge in [0.05, 0.1) is 5.52 Å². The summed E-state index contributed by atoms with van der Waals surface area (Å²) in [5, 5.41) is 2.54. The third-order valence-electron chi connectivity index (χ3n) is 4.92. The molecule has 4 aromatic carbocycles. The largest absolute Gasteiger partial charge is 0.354 e. The Hall–Kier alpha value is -2.84. The van der Waals surface area contributed by atoms with Gasteiger partial charge in [-0.1, -0.05) is 94.8 Å². The number of halogens is 1. The number of aromatic nitrogens is 1. The summed E-state index contributed by atoms with van der Waals surface area (Å²) in [4.78, 5) is 3.59. The van der Waals surface area contributed by atoms with Crippen LogP contribution in [0.25, 0.3) is 44.1 Å². The first-order valence-electron chi connectivity index (χ1n) is 8.66. The van der Waals surface area contributed by atoms with E-state index in [0.717, 1.165) is 4.47 Å². The molecule has 0 unspecified atom stereocenters. The van der Waals surface area contributed by atoms with Crippen LogP contribution in [0.2, 0.25) is 0 Å². The first kappa shape index (κ1) is 15.4. The van der Waals surface area contributed by atoms with Crippen molar-refractivity contribution in [3.8, 4) is 22.3 Å². The van der Waals surface area contributed by atoms with E-state index in [4.69, 9.17) is 0 Å². The minimum atomic E-state index is 1.12. The van der Waals surface area contributed by atoms with Crippen LogP contribution in [0.5, 0.6) is 0 Å². The van der Waals surface area contributed by atoms with Crippen molar-refractivity contribution in [2.45, 2.75) is 0 Å². The first-order valence-corrected chi connectivity index (χ1v) is 9.45. The molecule has 0 fully saturated rings. The van der Waals surface area contributed by atoms with Gasteiger partial charge in [-0.05, 0) is 28.8 Å². The highest BCUT2D eigenvalue weighted by Crippen LogP contribution is 2.34. The Morgan fingerprint density at radius 1 is 0.538 bits per heavy atom. The predicted octanol–water partition coefficient (Wildman–Crippen LogP) is 7.42. The molecule has 1 N–H and O–H groups in total. The molecule has 0 atom stereocenters. The topological polar surface area (TPSA) is 15.8 Å². The first-order chi connectivity index (χ1) is 12.8. The summed E-state index contributed by atoms with van der Waals surface area (Å²) in [7, 11) is 0. The lowest BCUT2D eigenvalue weighted by atomic mass is 9.98. The molecule has 124 valence electrons. The van der Waals surface area contributed by atoms with E-state index in [1.54, 1.807) is 0 Å². The summed E-state index contributed by atoms with van der Waals surface area (Å²) < 4.78 is 1.12. The summed E-state index contributed by atoms with van der Waals surface area (Å²) >= 11 is 3.64. The highest BCUT2D eigenvalue weighted by Gasteiger charge is 2.09. The van der Waals surface area contributed by atoms with Crippen LogP contribution in [-0.4, -0.2) is 4.98 Å². The lowest BCUT2D eigenvalue weighted by molar-refractivity contribution is 1.53. The van der Waals surface area contributed by atoms with Crippen molar-refractivity contribution < 1.29 is 0 Å². The Bertz CT molecular complexity index is 1230. The third-order valence-corrected chi connectivity index (χ3v) is 5.61. The van der Waals surface area contributed by atoms with Gasteiger partial charge in [-0.3, -0.25) is 0 Å². The molecule has 26 heavy (non-hydrogen) atoms. The Morgan fingerprint density at radius 3 is 1.96 bits per heavy atom. The summed E-state index contributed by atoms with van der Waals surface area (Å²) in [5.41, 5.74) is 7.25. The van der Waals surface area contributed by atoms with Gasteiger partial charge in [-0.2, -0.15) is 0 Å². The summed E-state index contributed by atoms with van der Waals surface area (Å²) in [6.45, 7) is 0. The van der Waals surface area contributed by atoms with Crippen LogP contribution in [-0.2, 0) is 0 Å². The van der Waals surface area contributed by atoms with Gasteiger partial charge in [0, 0.05) is 26.3 Å². The Kier molecular flexibility index (Phi) is 3.65. The fourth-order valence-electron chi connectivity index (χ4n) is 3.64. The number of H-pyrrole nitrogens is 1. The lowest BCUT2D eigenvalue weighted by Crippen LogP contribution is -1.83. The minimum absolute atomic E-state index is 1.12. The van der Waals surface area contributed by atoms with Crippen molar-refractivity contribution in [1.82, 2.24) is 4.98 Å². The molecule has 1 nitrogen and oxygen atoms in total. The Morgan fingerprint density at radius 2 is 1.15 bits per heavy atom. The number of aromatic amines is 1. The van der Waals surface area contributed by atoms with E-state index >= 15 is 0 Å². The van der Waals surface area contributed by atoms with E-state index in [0.29, 0.717) is 0 Å². The van der Waals surface area contributed by atoms with E-state index in [-0.39, 0.29) is 0 Å². The van der Waals surface area contributed by atoms with Gasteiger partial charge in [0.2, 0.25) is 0 Å². The van der Waals surface area contributed by atoms with Crippen molar-refractivity contribution >= 4 is 37.7 Å². The molecule has 0 bridgehead atoms. The molecular formula is C24H16BrN. The average molecular weight is 398 g/mol. The van der Waals surface area contributed by atoms with E-state index < -0.39 is 0 Å². The molecular weight excluding hydrogens is 382 g/mol. The van der Waals surface area contributed by atoms with E-state index in [1.807, 2.05) is 6.07 Å². The van der Waals surface area contributed by atoms with Gasteiger partial charge in [0.15, 0.2) is 0 Å². The number of nitrogens with one attached hydrogen (secondary N) is 1. The zero-order valence-electron chi connectivity index (χ0n) is 14.0. The van der Waals surface area contributed by atoms with Crippen molar-refractivity contribution in [2.75, 3.05) is 0 Å². The quantitative estimate of drug-likeness (QED) is 0.319. The zero-order valence-corrected chi connectivity index (χ0v) is 15.6. The highest BCUT2D eigenvalue weighted by molar-refractivity contribution is 9.10. The van der Waals surface area contributed by atoms with Crippen LogP contribution < -0.4 is 0 Å². The van der Waals surface area contributed by atoms with Crippen LogP contribution in [0.1, 0.15) is 0 Å². The molecule has 0 saturated heterocycles. The van der Waals surface area contributed by atoms with E-state index in [1.165, 1.54) is 44.1 Å². The fourth-order valence-corrected chi connectivity index (χ4v) is 4.15. The minimum Gasteiger partial charge on any atom is -0.354 e. The maximum atomic E-state index is 3.64. The number of hydrogen-bond acceptors (Lipinski definition) is 0. The molecule has 5 aromatic rings. The molecule has 5 rings (SSSR count). The van der Waals surface area contributed by atoms with Gasteiger partial charge < -0.3 is 4.98 Å². The molecule has 0 amide bonds. The summed E-state index contributed by atoms with van der Waals surface area (Å²) in [6.07, 6.45) is 0. The molecule has 1 heterocycles. The van der Waals surface area contributed by atoms with Crippen LogP contribution >= 0.6 is 15.9 Å². The van der Waals surface area contributed by atoms with Crippen molar-refractivity contribution in [3.63, 3.8) is 0 Å². The van der Waals surface area contributed by atoms with E-state index in [2.05, 4.69) is 106 Å².